The third-order valence-electron chi connectivity index (χ3n) is 2.68. The van der Waals surface area contributed by atoms with E-state index in [0.29, 0.717) is 5.82 Å². The first kappa shape index (κ1) is 13.0. The first-order chi connectivity index (χ1) is 8.99. The number of hydrogen-bond donors (Lipinski definition) is 2. The lowest BCUT2D eigenvalue weighted by Gasteiger charge is -2.13. The quantitative estimate of drug-likeness (QED) is 0.871. The maximum Gasteiger partial charge on any atom is 0.254 e. The maximum absolute atomic E-state index is 13.5. The second-order valence-electron chi connectivity index (χ2n) is 4.16. The summed E-state index contributed by atoms with van der Waals surface area (Å²) in [7, 11) is 1.75. The molecule has 0 radical (unpaired) electrons. The Morgan fingerprint density at radius 3 is 2.84 bits per heavy atom. The molecule has 6 nitrogen and oxygen atoms in total. The van der Waals surface area contributed by atoms with Gasteiger partial charge in [0.05, 0.1) is 11.6 Å². The number of hydrogen-bond acceptors (Lipinski definition) is 4. The molecule has 0 aliphatic rings. The van der Waals surface area contributed by atoms with Crippen LogP contribution in [-0.4, -0.2) is 25.8 Å². The van der Waals surface area contributed by atoms with Gasteiger partial charge in [-0.2, -0.15) is 0 Å². The lowest BCUT2D eigenvalue weighted by molar-refractivity contribution is 0.0933. The Morgan fingerprint density at radius 2 is 2.26 bits per heavy atom. The fourth-order valence-corrected chi connectivity index (χ4v) is 1.71. The average molecular weight is 264 g/mol. The highest BCUT2D eigenvalue weighted by Gasteiger charge is 2.18. The van der Waals surface area contributed by atoms with Gasteiger partial charge in [-0.1, -0.05) is 0 Å². The molecule has 0 saturated carbocycles. The number of carbonyl (C=O) groups excluding carboxylic acids is 1. The fourth-order valence-electron chi connectivity index (χ4n) is 1.71. The van der Waals surface area contributed by atoms with Gasteiger partial charge in [0.15, 0.2) is 5.82 Å². The molecule has 100 valence electrons. The Bertz CT molecular complexity index is 612. The number of amides is 1. The van der Waals surface area contributed by atoms with Crippen LogP contribution in [0.2, 0.25) is 0 Å². The zero-order valence-electron chi connectivity index (χ0n) is 10.5. The minimum atomic E-state index is -0.775. The SMILES string of the molecule is CC(NC(=O)c1ccc(O)cc1F)c1nncn1C. The molecule has 2 rings (SSSR count). The van der Waals surface area contributed by atoms with Crippen LogP contribution in [0.4, 0.5) is 4.39 Å². The minimum Gasteiger partial charge on any atom is -0.508 e. The molecule has 1 heterocycles. The first-order valence-corrected chi connectivity index (χ1v) is 5.62. The van der Waals surface area contributed by atoms with Gasteiger partial charge in [-0.25, -0.2) is 4.39 Å². The molecule has 0 aliphatic heterocycles. The third-order valence-corrected chi connectivity index (χ3v) is 2.68. The van der Waals surface area contributed by atoms with Crippen molar-refractivity contribution >= 4 is 5.91 Å². The predicted octanol–water partition coefficient (Wildman–Crippen LogP) is 1.15. The molecular weight excluding hydrogens is 251 g/mol. The van der Waals surface area contributed by atoms with Crippen LogP contribution in [0.3, 0.4) is 0 Å². The van der Waals surface area contributed by atoms with Gasteiger partial charge in [0.1, 0.15) is 17.9 Å². The van der Waals surface area contributed by atoms with E-state index in [1.165, 1.54) is 18.5 Å². The molecule has 0 fully saturated rings. The largest absolute Gasteiger partial charge is 0.508 e. The number of phenols is 1. The average Bonchev–Trinajstić information content (AvgIpc) is 2.75. The van der Waals surface area contributed by atoms with Crippen LogP contribution < -0.4 is 5.32 Å². The zero-order chi connectivity index (χ0) is 14.0. The van der Waals surface area contributed by atoms with Crippen molar-refractivity contribution < 1.29 is 14.3 Å². The number of aromatic nitrogens is 3. The van der Waals surface area contributed by atoms with Gasteiger partial charge in [0, 0.05) is 13.1 Å². The normalized spacial score (nSPS) is 12.2. The number of aryl methyl sites for hydroxylation is 1. The van der Waals surface area contributed by atoms with Gasteiger partial charge in [-0.15, -0.1) is 10.2 Å². The third kappa shape index (κ3) is 2.70. The fraction of sp³-hybridized carbons (Fsp3) is 0.250. The van der Waals surface area contributed by atoms with Crippen LogP contribution in [0.1, 0.15) is 29.1 Å². The molecule has 1 aromatic carbocycles. The monoisotopic (exact) mass is 264 g/mol. The van der Waals surface area contributed by atoms with Gasteiger partial charge in [-0.05, 0) is 19.1 Å². The van der Waals surface area contributed by atoms with Gasteiger partial charge in [0.2, 0.25) is 0 Å². The first-order valence-electron chi connectivity index (χ1n) is 5.62. The van der Waals surface area contributed by atoms with E-state index in [1.54, 1.807) is 18.5 Å². The lowest BCUT2D eigenvalue weighted by atomic mass is 10.1. The van der Waals surface area contributed by atoms with E-state index in [2.05, 4.69) is 15.5 Å². The van der Waals surface area contributed by atoms with Gasteiger partial charge < -0.3 is 15.0 Å². The summed E-state index contributed by atoms with van der Waals surface area (Å²) >= 11 is 0. The number of phenolic OH excluding ortho intramolecular Hbond substituents is 1. The van der Waals surface area contributed by atoms with E-state index in [1.807, 2.05) is 0 Å². The minimum absolute atomic E-state index is 0.133. The number of aromatic hydroxyl groups is 1. The summed E-state index contributed by atoms with van der Waals surface area (Å²) in [6.45, 7) is 1.72. The van der Waals surface area contributed by atoms with Crippen molar-refractivity contribution in [1.29, 1.82) is 0 Å². The second kappa shape index (κ2) is 5.05. The molecule has 2 aromatic rings. The number of benzene rings is 1. The van der Waals surface area contributed by atoms with Crippen LogP contribution in [0.15, 0.2) is 24.5 Å². The number of rotatable bonds is 3. The van der Waals surface area contributed by atoms with E-state index in [9.17, 15) is 9.18 Å². The second-order valence-corrected chi connectivity index (χ2v) is 4.16. The molecule has 19 heavy (non-hydrogen) atoms. The Hall–Kier alpha value is -2.44. The highest BCUT2D eigenvalue weighted by Crippen LogP contribution is 2.16. The van der Waals surface area contributed by atoms with E-state index < -0.39 is 17.8 Å². The maximum atomic E-state index is 13.5. The Kier molecular flexibility index (Phi) is 3.46. The van der Waals surface area contributed by atoms with E-state index >= 15 is 0 Å². The van der Waals surface area contributed by atoms with Crippen molar-refractivity contribution in [2.75, 3.05) is 0 Å². The van der Waals surface area contributed by atoms with Crippen LogP contribution in [-0.2, 0) is 7.05 Å². The Balaban J connectivity index is 2.15. The summed E-state index contributed by atoms with van der Waals surface area (Å²) in [5.41, 5.74) is -0.133. The topological polar surface area (TPSA) is 80.0 Å². The molecule has 0 spiro atoms. The number of nitrogens with zero attached hydrogens (tertiary/aromatic N) is 3. The summed E-state index contributed by atoms with van der Waals surface area (Å²) in [4.78, 5) is 11.9. The van der Waals surface area contributed by atoms with Crippen LogP contribution in [0.5, 0.6) is 5.75 Å². The Labute approximate surface area is 108 Å². The summed E-state index contributed by atoms with van der Waals surface area (Å²) in [6, 6.07) is 2.96. The van der Waals surface area contributed by atoms with Crippen LogP contribution in [0, 0.1) is 5.82 Å². The van der Waals surface area contributed by atoms with E-state index in [0.717, 1.165) is 6.07 Å². The molecule has 1 amide bonds. The zero-order valence-corrected chi connectivity index (χ0v) is 10.5. The van der Waals surface area contributed by atoms with Crippen molar-refractivity contribution in [3.05, 3.63) is 41.7 Å². The van der Waals surface area contributed by atoms with Crippen molar-refractivity contribution in [3.63, 3.8) is 0 Å². The van der Waals surface area contributed by atoms with Gasteiger partial charge in [-0.3, -0.25) is 4.79 Å². The molecule has 0 bridgehead atoms. The predicted molar refractivity (Wildman–Crippen MR) is 64.9 cm³/mol. The van der Waals surface area contributed by atoms with Gasteiger partial charge >= 0.3 is 0 Å². The molecular formula is C12H13FN4O2. The highest BCUT2D eigenvalue weighted by atomic mass is 19.1. The van der Waals surface area contributed by atoms with Crippen molar-refractivity contribution in [2.45, 2.75) is 13.0 Å². The van der Waals surface area contributed by atoms with Gasteiger partial charge in [0.25, 0.3) is 5.91 Å². The lowest BCUT2D eigenvalue weighted by Crippen LogP contribution is -2.29. The van der Waals surface area contributed by atoms with Crippen molar-refractivity contribution in [1.82, 2.24) is 20.1 Å². The Morgan fingerprint density at radius 1 is 1.53 bits per heavy atom. The highest BCUT2D eigenvalue weighted by molar-refractivity contribution is 5.94. The molecule has 0 aliphatic carbocycles. The smallest absolute Gasteiger partial charge is 0.254 e. The number of nitrogens with one attached hydrogen (secondary N) is 1. The molecule has 7 heteroatoms. The molecule has 1 aromatic heterocycles. The van der Waals surface area contributed by atoms with Crippen molar-refractivity contribution in [2.24, 2.45) is 7.05 Å². The van der Waals surface area contributed by atoms with Crippen LogP contribution in [0.25, 0.3) is 0 Å². The van der Waals surface area contributed by atoms with Crippen LogP contribution >= 0.6 is 0 Å². The van der Waals surface area contributed by atoms with E-state index in [-0.39, 0.29) is 11.3 Å². The molecule has 1 atom stereocenters. The standard InChI is InChI=1S/C12H13FN4O2/c1-7(11-16-14-6-17(11)2)15-12(19)9-4-3-8(18)5-10(9)13/h3-7,18H,1-2H3,(H,15,19). The van der Waals surface area contributed by atoms with E-state index in [4.69, 9.17) is 5.11 Å². The van der Waals surface area contributed by atoms with Crippen molar-refractivity contribution in [3.8, 4) is 5.75 Å². The number of halogens is 1. The summed E-state index contributed by atoms with van der Waals surface area (Å²) in [5, 5.41) is 19.3. The number of carbonyl (C=O) groups is 1. The molecule has 1 unspecified atom stereocenters. The molecule has 0 saturated heterocycles. The summed E-state index contributed by atoms with van der Waals surface area (Å²) < 4.78 is 15.2. The summed E-state index contributed by atoms with van der Waals surface area (Å²) in [6.07, 6.45) is 1.51. The summed E-state index contributed by atoms with van der Waals surface area (Å²) in [5.74, 6) is -1.02. The molecule has 2 N–H and O–H groups in total.